The second-order valence-electron chi connectivity index (χ2n) is 7.15. The molecule has 6 heteroatoms. The smallest absolute Gasteiger partial charge is 0.337 e. The lowest BCUT2D eigenvalue weighted by Gasteiger charge is -2.15. The summed E-state index contributed by atoms with van der Waals surface area (Å²) in [6, 6.07) is 19.5. The number of rotatable bonds is 6. The number of ether oxygens (including phenoxy) is 1. The number of aromatic nitrogens is 2. The molecular formula is C23H24N4O2. The minimum absolute atomic E-state index is 0.354. The van der Waals surface area contributed by atoms with Crippen molar-refractivity contribution < 1.29 is 9.53 Å². The molecule has 4 rings (SSSR count). The first-order chi connectivity index (χ1) is 14.2. The van der Waals surface area contributed by atoms with Crippen molar-refractivity contribution in [2.75, 3.05) is 17.7 Å². The van der Waals surface area contributed by atoms with Gasteiger partial charge in [-0.05, 0) is 37.1 Å². The van der Waals surface area contributed by atoms with Gasteiger partial charge in [-0.15, -0.1) is 0 Å². The van der Waals surface area contributed by atoms with Crippen LogP contribution in [-0.2, 0) is 4.74 Å². The van der Waals surface area contributed by atoms with Gasteiger partial charge in [0.25, 0.3) is 0 Å². The first-order valence-corrected chi connectivity index (χ1v) is 9.88. The van der Waals surface area contributed by atoms with E-state index in [1.165, 1.54) is 20.0 Å². The van der Waals surface area contributed by atoms with Gasteiger partial charge in [0, 0.05) is 23.4 Å². The van der Waals surface area contributed by atoms with E-state index < -0.39 is 0 Å². The Morgan fingerprint density at radius 1 is 1.00 bits per heavy atom. The molecule has 0 saturated heterocycles. The van der Waals surface area contributed by atoms with E-state index >= 15 is 0 Å². The fourth-order valence-electron chi connectivity index (χ4n) is 3.54. The molecule has 0 atom stereocenters. The van der Waals surface area contributed by atoms with Crippen molar-refractivity contribution in [2.45, 2.75) is 31.7 Å². The lowest BCUT2D eigenvalue weighted by molar-refractivity contribution is 0.0601. The maximum absolute atomic E-state index is 11.6. The monoisotopic (exact) mass is 388 g/mol. The molecule has 0 amide bonds. The standard InChI is InChI=1S/C23H24N4O2/c1-29-22(28)17-11-13-19(14-12-17)24-21-15-20(16-7-3-2-4-8-16)26-23(27-21)25-18-9-5-6-10-18/h2-4,7-8,11-15,18H,5-6,9-10H2,1H3,(H2,24,25,26,27). The van der Waals surface area contributed by atoms with E-state index in [0.29, 0.717) is 23.4 Å². The van der Waals surface area contributed by atoms with Crippen LogP contribution in [-0.4, -0.2) is 29.1 Å². The largest absolute Gasteiger partial charge is 0.465 e. The Bertz CT molecular complexity index is 968. The summed E-state index contributed by atoms with van der Waals surface area (Å²) in [6.45, 7) is 0. The van der Waals surface area contributed by atoms with Gasteiger partial charge in [0.2, 0.25) is 5.95 Å². The lowest BCUT2D eigenvalue weighted by Crippen LogP contribution is -2.17. The Morgan fingerprint density at radius 2 is 1.72 bits per heavy atom. The molecule has 3 aromatic rings. The zero-order valence-corrected chi connectivity index (χ0v) is 16.4. The molecule has 1 aliphatic carbocycles. The fraction of sp³-hybridized carbons (Fsp3) is 0.261. The number of hydrogen-bond acceptors (Lipinski definition) is 6. The number of benzene rings is 2. The fourth-order valence-corrected chi connectivity index (χ4v) is 3.54. The van der Waals surface area contributed by atoms with Crippen molar-refractivity contribution >= 4 is 23.4 Å². The number of nitrogens with zero attached hydrogens (tertiary/aromatic N) is 2. The van der Waals surface area contributed by atoms with E-state index in [-0.39, 0.29) is 5.97 Å². The third-order valence-electron chi connectivity index (χ3n) is 5.06. The molecule has 0 unspecified atom stereocenters. The van der Waals surface area contributed by atoms with Crippen molar-refractivity contribution in [2.24, 2.45) is 0 Å². The maximum atomic E-state index is 11.6. The average Bonchev–Trinajstić information content (AvgIpc) is 3.27. The highest BCUT2D eigenvalue weighted by atomic mass is 16.5. The lowest BCUT2D eigenvalue weighted by atomic mass is 10.1. The number of carbonyl (C=O) groups is 1. The van der Waals surface area contributed by atoms with Gasteiger partial charge in [-0.1, -0.05) is 43.2 Å². The first-order valence-electron chi connectivity index (χ1n) is 9.88. The van der Waals surface area contributed by atoms with E-state index in [9.17, 15) is 4.79 Å². The molecule has 0 aliphatic heterocycles. The maximum Gasteiger partial charge on any atom is 0.337 e. The molecule has 1 aromatic heterocycles. The SMILES string of the molecule is COC(=O)c1ccc(Nc2cc(-c3ccccc3)nc(NC3CCCC3)n2)cc1. The number of methoxy groups -OCH3 is 1. The minimum Gasteiger partial charge on any atom is -0.465 e. The van der Waals surface area contributed by atoms with Gasteiger partial charge in [-0.2, -0.15) is 4.98 Å². The third-order valence-corrected chi connectivity index (χ3v) is 5.06. The summed E-state index contributed by atoms with van der Waals surface area (Å²) < 4.78 is 4.75. The summed E-state index contributed by atoms with van der Waals surface area (Å²) in [4.78, 5) is 21.0. The molecule has 1 aliphatic rings. The molecule has 0 spiro atoms. The average molecular weight is 388 g/mol. The van der Waals surface area contributed by atoms with Crippen molar-refractivity contribution in [1.82, 2.24) is 9.97 Å². The molecule has 2 N–H and O–H groups in total. The number of nitrogens with one attached hydrogen (secondary N) is 2. The quantitative estimate of drug-likeness (QED) is 0.577. The van der Waals surface area contributed by atoms with E-state index in [1.807, 2.05) is 48.5 Å². The summed E-state index contributed by atoms with van der Waals surface area (Å²) in [5.41, 5.74) is 3.24. The van der Waals surface area contributed by atoms with Crippen molar-refractivity contribution in [3.05, 3.63) is 66.2 Å². The second kappa shape index (κ2) is 8.73. The molecule has 0 bridgehead atoms. The van der Waals surface area contributed by atoms with Gasteiger partial charge in [0.15, 0.2) is 0 Å². The van der Waals surface area contributed by atoms with Crippen LogP contribution in [0, 0.1) is 0 Å². The zero-order valence-electron chi connectivity index (χ0n) is 16.4. The highest BCUT2D eigenvalue weighted by Crippen LogP contribution is 2.26. The van der Waals surface area contributed by atoms with Crippen LogP contribution in [0.3, 0.4) is 0 Å². The van der Waals surface area contributed by atoms with E-state index in [1.54, 1.807) is 12.1 Å². The number of esters is 1. The molecule has 2 aromatic carbocycles. The Kier molecular flexibility index (Phi) is 5.70. The third kappa shape index (κ3) is 4.71. The predicted octanol–water partition coefficient (Wildman–Crippen LogP) is 5.03. The van der Waals surface area contributed by atoms with Crippen LogP contribution < -0.4 is 10.6 Å². The van der Waals surface area contributed by atoms with Crippen LogP contribution in [0.4, 0.5) is 17.5 Å². The van der Waals surface area contributed by atoms with Gasteiger partial charge in [0.1, 0.15) is 5.82 Å². The molecule has 1 saturated carbocycles. The highest BCUT2D eigenvalue weighted by Gasteiger charge is 2.17. The van der Waals surface area contributed by atoms with Crippen molar-refractivity contribution in [3.8, 4) is 11.3 Å². The van der Waals surface area contributed by atoms with Crippen LogP contribution in [0.2, 0.25) is 0 Å². The Balaban J connectivity index is 1.61. The van der Waals surface area contributed by atoms with Crippen LogP contribution in [0.5, 0.6) is 0 Å². The molecule has 0 radical (unpaired) electrons. The van der Waals surface area contributed by atoms with E-state index in [2.05, 4.69) is 15.6 Å². The minimum atomic E-state index is -0.354. The second-order valence-corrected chi connectivity index (χ2v) is 7.15. The predicted molar refractivity (Wildman–Crippen MR) is 114 cm³/mol. The van der Waals surface area contributed by atoms with Crippen molar-refractivity contribution in [3.63, 3.8) is 0 Å². The molecule has 148 valence electrons. The van der Waals surface area contributed by atoms with Crippen LogP contribution in [0.25, 0.3) is 11.3 Å². The summed E-state index contributed by atoms with van der Waals surface area (Å²) >= 11 is 0. The Morgan fingerprint density at radius 3 is 2.41 bits per heavy atom. The Labute approximate surface area is 170 Å². The number of carbonyl (C=O) groups excluding carboxylic acids is 1. The van der Waals surface area contributed by atoms with Crippen LogP contribution >= 0.6 is 0 Å². The number of anilines is 3. The topological polar surface area (TPSA) is 76.1 Å². The zero-order chi connectivity index (χ0) is 20.1. The van der Waals surface area contributed by atoms with Gasteiger partial charge >= 0.3 is 5.97 Å². The Hall–Kier alpha value is -3.41. The van der Waals surface area contributed by atoms with Crippen molar-refractivity contribution in [1.29, 1.82) is 0 Å². The van der Waals surface area contributed by atoms with Gasteiger partial charge < -0.3 is 15.4 Å². The summed E-state index contributed by atoms with van der Waals surface area (Å²) in [5.74, 6) is 0.977. The summed E-state index contributed by atoms with van der Waals surface area (Å²) in [5, 5.41) is 6.81. The van der Waals surface area contributed by atoms with Crippen LogP contribution in [0.1, 0.15) is 36.0 Å². The summed E-state index contributed by atoms with van der Waals surface area (Å²) in [7, 11) is 1.37. The van der Waals surface area contributed by atoms with Gasteiger partial charge in [-0.25, -0.2) is 9.78 Å². The summed E-state index contributed by atoms with van der Waals surface area (Å²) in [6.07, 6.45) is 4.79. The van der Waals surface area contributed by atoms with E-state index in [4.69, 9.17) is 9.72 Å². The van der Waals surface area contributed by atoms with Gasteiger partial charge in [0.05, 0.1) is 18.4 Å². The molecular weight excluding hydrogens is 364 g/mol. The first kappa shape index (κ1) is 18.9. The molecule has 1 fully saturated rings. The highest BCUT2D eigenvalue weighted by molar-refractivity contribution is 5.89. The molecule has 1 heterocycles. The van der Waals surface area contributed by atoms with E-state index in [0.717, 1.165) is 29.8 Å². The molecule has 6 nitrogen and oxygen atoms in total. The van der Waals surface area contributed by atoms with Gasteiger partial charge in [-0.3, -0.25) is 0 Å². The normalized spacial score (nSPS) is 13.8. The number of hydrogen-bond donors (Lipinski definition) is 2. The molecule has 29 heavy (non-hydrogen) atoms. The van der Waals surface area contributed by atoms with Crippen LogP contribution in [0.15, 0.2) is 60.7 Å².